The Bertz CT molecular complexity index is 626. The summed E-state index contributed by atoms with van der Waals surface area (Å²) in [4.78, 5) is -0.606. The van der Waals surface area contributed by atoms with E-state index in [-0.39, 0.29) is 12.0 Å². The van der Waals surface area contributed by atoms with E-state index in [0.29, 0.717) is 0 Å². The van der Waals surface area contributed by atoms with Gasteiger partial charge in [0.2, 0.25) is 10.0 Å². The Labute approximate surface area is 123 Å². The topological polar surface area (TPSA) is 72.2 Å². The molecule has 0 aromatic heterocycles. The van der Waals surface area contributed by atoms with Crippen LogP contribution in [-0.4, -0.2) is 15.0 Å². The third-order valence-electron chi connectivity index (χ3n) is 4.43. The molecule has 1 aromatic rings. The Morgan fingerprint density at radius 2 is 1.90 bits per heavy atom. The smallest absolute Gasteiger partial charge is 0.243 e. The van der Waals surface area contributed by atoms with Gasteiger partial charge >= 0.3 is 0 Å². The van der Waals surface area contributed by atoms with Crippen molar-refractivity contribution in [2.75, 3.05) is 12.3 Å². The van der Waals surface area contributed by atoms with Gasteiger partial charge in [0.25, 0.3) is 0 Å². The van der Waals surface area contributed by atoms with Gasteiger partial charge in [-0.05, 0) is 36.8 Å². The summed E-state index contributed by atoms with van der Waals surface area (Å²) in [5.74, 6) is -2.20. The molecule has 7 heteroatoms. The van der Waals surface area contributed by atoms with Gasteiger partial charge in [0.15, 0.2) is 5.82 Å². The number of hydrogen-bond donors (Lipinski definition) is 2. The Morgan fingerprint density at radius 1 is 1.29 bits per heavy atom. The van der Waals surface area contributed by atoms with E-state index in [1.54, 1.807) is 0 Å². The summed E-state index contributed by atoms with van der Waals surface area (Å²) in [7, 11) is -4.04. The highest BCUT2D eigenvalue weighted by atomic mass is 32.2. The maximum Gasteiger partial charge on any atom is 0.243 e. The molecule has 1 aliphatic rings. The lowest BCUT2D eigenvalue weighted by Gasteiger charge is -2.27. The molecule has 4 nitrogen and oxygen atoms in total. The van der Waals surface area contributed by atoms with E-state index in [2.05, 4.69) is 4.72 Å². The normalized spacial score (nSPS) is 18.0. The second-order valence-electron chi connectivity index (χ2n) is 5.66. The SMILES string of the molecule is CCC1(CNS(=O)(=O)c2ccc(F)c(N)c2F)CCCC1. The van der Waals surface area contributed by atoms with Crippen LogP contribution in [0.5, 0.6) is 0 Å². The van der Waals surface area contributed by atoms with Crippen molar-refractivity contribution in [3.05, 3.63) is 23.8 Å². The molecule has 0 radical (unpaired) electrons. The second kappa shape index (κ2) is 5.88. The number of halogens is 2. The maximum absolute atomic E-state index is 13.9. The highest BCUT2D eigenvalue weighted by molar-refractivity contribution is 7.89. The van der Waals surface area contributed by atoms with Gasteiger partial charge in [-0.3, -0.25) is 0 Å². The Morgan fingerprint density at radius 3 is 2.48 bits per heavy atom. The predicted molar refractivity (Wildman–Crippen MR) is 77.2 cm³/mol. The maximum atomic E-state index is 13.9. The van der Waals surface area contributed by atoms with Gasteiger partial charge in [-0.15, -0.1) is 0 Å². The fourth-order valence-corrected chi connectivity index (χ4v) is 4.11. The molecule has 0 spiro atoms. The molecule has 0 amide bonds. The summed E-state index contributed by atoms with van der Waals surface area (Å²) in [6.07, 6.45) is 4.94. The van der Waals surface area contributed by atoms with Crippen LogP contribution >= 0.6 is 0 Å². The van der Waals surface area contributed by atoms with E-state index < -0.39 is 32.2 Å². The van der Waals surface area contributed by atoms with E-state index in [9.17, 15) is 17.2 Å². The summed E-state index contributed by atoms with van der Waals surface area (Å²) in [5, 5.41) is 0. The molecule has 1 fully saturated rings. The number of nitrogens with two attached hydrogens (primary N) is 1. The van der Waals surface area contributed by atoms with Crippen LogP contribution in [-0.2, 0) is 10.0 Å². The molecule has 0 saturated heterocycles. The van der Waals surface area contributed by atoms with Gasteiger partial charge < -0.3 is 5.73 Å². The summed E-state index contributed by atoms with van der Waals surface area (Å²) < 4.78 is 53.8. The molecule has 0 aliphatic heterocycles. The van der Waals surface area contributed by atoms with E-state index in [4.69, 9.17) is 5.73 Å². The van der Waals surface area contributed by atoms with Crippen molar-refractivity contribution in [1.82, 2.24) is 4.72 Å². The highest BCUT2D eigenvalue weighted by Gasteiger charge is 2.34. The number of sulfonamides is 1. The minimum Gasteiger partial charge on any atom is -0.394 e. The molecule has 21 heavy (non-hydrogen) atoms. The number of nitrogens with one attached hydrogen (secondary N) is 1. The Kier molecular flexibility index (Phi) is 4.53. The van der Waals surface area contributed by atoms with Crippen LogP contribution in [0.1, 0.15) is 39.0 Å². The molecule has 0 heterocycles. The molecule has 1 aliphatic carbocycles. The summed E-state index contributed by atoms with van der Waals surface area (Å²) in [5.41, 5.74) is 4.37. The zero-order chi connectivity index (χ0) is 15.7. The van der Waals surface area contributed by atoms with E-state index >= 15 is 0 Å². The third kappa shape index (κ3) is 3.18. The van der Waals surface area contributed by atoms with Crippen LogP contribution in [0.2, 0.25) is 0 Å². The van der Waals surface area contributed by atoms with Crippen molar-refractivity contribution >= 4 is 15.7 Å². The van der Waals surface area contributed by atoms with E-state index in [0.717, 1.165) is 44.2 Å². The summed E-state index contributed by atoms with van der Waals surface area (Å²) in [6.45, 7) is 2.29. The molecule has 3 N–H and O–H groups in total. The largest absolute Gasteiger partial charge is 0.394 e. The minimum atomic E-state index is -4.04. The first-order chi connectivity index (χ1) is 9.81. The number of rotatable bonds is 5. The third-order valence-corrected chi connectivity index (χ3v) is 5.85. The Hall–Kier alpha value is -1.21. The van der Waals surface area contributed by atoms with Gasteiger partial charge in [-0.25, -0.2) is 21.9 Å². The van der Waals surface area contributed by atoms with Gasteiger partial charge in [0.05, 0.1) is 0 Å². The average Bonchev–Trinajstić information content (AvgIpc) is 2.92. The lowest BCUT2D eigenvalue weighted by Crippen LogP contribution is -2.36. The second-order valence-corrected chi connectivity index (χ2v) is 7.39. The lowest BCUT2D eigenvalue weighted by molar-refractivity contribution is 0.285. The number of anilines is 1. The summed E-state index contributed by atoms with van der Waals surface area (Å²) >= 11 is 0. The number of benzene rings is 1. The fourth-order valence-electron chi connectivity index (χ4n) is 2.86. The molecule has 0 unspecified atom stereocenters. The molecule has 2 rings (SSSR count). The first-order valence-corrected chi connectivity index (χ1v) is 8.53. The zero-order valence-electron chi connectivity index (χ0n) is 12.0. The quantitative estimate of drug-likeness (QED) is 0.820. The monoisotopic (exact) mass is 318 g/mol. The van der Waals surface area contributed by atoms with Crippen LogP contribution in [0.25, 0.3) is 0 Å². The van der Waals surface area contributed by atoms with Gasteiger partial charge in [-0.1, -0.05) is 19.8 Å². The van der Waals surface area contributed by atoms with Crippen molar-refractivity contribution in [3.63, 3.8) is 0 Å². The van der Waals surface area contributed by atoms with Crippen molar-refractivity contribution in [1.29, 1.82) is 0 Å². The molecular formula is C14H20F2N2O2S. The minimum absolute atomic E-state index is 0.0604. The van der Waals surface area contributed by atoms with Gasteiger partial charge in [0, 0.05) is 6.54 Å². The molecule has 1 aromatic carbocycles. The van der Waals surface area contributed by atoms with Crippen molar-refractivity contribution < 1.29 is 17.2 Å². The molecule has 0 atom stereocenters. The standard InChI is InChI=1S/C14H20F2N2O2S/c1-2-14(7-3-4-8-14)9-18-21(19,20)11-6-5-10(15)13(17)12(11)16/h5-6,18H,2-4,7-9,17H2,1H3. The van der Waals surface area contributed by atoms with Crippen LogP contribution in [0, 0.1) is 17.0 Å². The van der Waals surface area contributed by atoms with Crippen LogP contribution < -0.4 is 10.5 Å². The predicted octanol–water partition coefficient (Wildman–Crippen LogP) is 2.80. The number of hydrogen-bond acceptors (Lipinski definition) is 3. The molecule has 1 saturated carbocycles. The number of nitrogen functional groups attached to an aromatic ring is 1. The fraction of sp³-hybridized carbons (Fsp3) is 0.571. The summed E-state index contributed by atoms with van der Waals surface area (Å²) in [6, 6.07) is 1.76. The highest BCUT2D eigenvalue weighted by Crippen LogP contribution is 2.40. The zero-order valence-corrected chi connectivity index (χ0v) is 12.8. The molecule has 0 bridgehead atoms. The van der Waals surface area contributed by atoms with Crippen LogP contribution in [0.15, 0.2) is 17.0 Å². The van der Waals surface area contributed by atoms with Crippen molar-refractivity contribution in [2.45, 2.75) is 43.9 Å². The van der Waals surface area contributed by atoms with Crippen LogP contribution in [0.4, 0.5) is 14.5 Å². The van der Waals surface area contributed by atoms with Crippen LogP contribution in [0.3, 0.4) is 0 Å². The first kappa shape index (κ1) is 16.2. The van der Waals surface area contributed by atoms with Crippen molar-refractivity contribution in [3.8, 4) is 0 Å². The molecule has 118 valence electrons. The lowest BCUT2D eigenvalue weighted by atomic mass is 9.84. The average molecular weight is 318 g/mol. The van der Waals surface area contributed by atoms with Gasteiger partial charge in [-0.2, -0.15) is 0 Å². The van der Waals surface area contributed by atoms with E-state index in [1.165, 1.54) is 0 Å². The molecular weight excluding hydrogens is 298 g/mol. The first-order valence-electron chi connectivity index (χ1n) is 7.04. The Balaban J connectivity index is 2.21. The van der Waals surface area contributed by atoms with Gasteiger partial charge in [0.1, 0.15) is 16.4 Å². The van der Waals surface area contributed by atoms with E-state index in [1.807, 2.05) is 6.92 Å². The van der Waals surface area contributed by atoms with Crippen molar-refractivity contribution in [2.24, 2.45) is 5.41 Å².